The second-order valence-corrected chi connectivity index (χ2v) is 3.79. The van der Waals surface area contributed by atoms with Gasteiger partial charge in [-0.05, 0) is 6.92 Å². The summed E-state index contributed by atoms with van der Waals surface area (Å²) in [4.78, 5) is 0. The van der Waals surface area contributed by atoms with Gasteiger partial charge >= 0.3 is 0 Å². The molecule has 0 aromatic heterocycles. The van der Waals surface area contributed by atoms with Crippen molar-refractivity contribution in [2.24, 2.45) is 5.73 Å². The highest BCUT2D eigenvalue weighted by Crippen LogP contribution is 1.83. The van der Waals surface area contributed by atoms with Gasteiger partial charge in [0.2, 0.25) is 0 Å². The van der Waals surface area contributed by atoms with Crippen molar-refractivity contribution < 1.29 is 23.2 Å². The van der Waals surface area contributed by atoms with E-state index in [9.17, 15) is 8.42 Å². The number of rotatable bonds is 2. The first kappa shape index (κ1) is 14.3. The predicted octanol–water partition coefficient (Wildman–Crippen LogP) is -1.81. The maximum absolute atomic E-state index is 9.19. The Kier molecular flexibility index (Phi) is 7.54. The summed E-state index contributed by atoms with van der Waals surface area (Å²) in [6, 6.07) is -0.486. The van der Waals surface area contributed by atoms with Gasteiger partial charge in [-0.25, -0.2) is 0 Å². The topological polar surface area (TPSA) is 121 Å². The Balaban J connectivity index is 0. The molecule has 2 atom stereocenters. The fourth-order valence-electron chi connectivity index (χ4n) is 0.153. The molecule has 12 heavy (non-hydrogen) atoms. The summed E-state index contributed by atoms with van der Waals surface area (Å²) in [5.74, 6) is 0. The molecule has 6 nitrogen and oxygen atoms in total. The Morgan fingerprint density at radius 2 is 1.75 bits per heavy atom. The van der Waals surface area contributed by atoms with Gasteiger partial charge in [0.1, 0.15) is 0 Å². The lowest BCUT2D eigenvalue weighted by atomic mass is 10.2. The third-order valence-corrected chi connectivity index (χ3v) is 0.830. The molecule has 0 saturated heterocycles. The lowest BCUT2D eigenvalue weighted by molar-refractivity contribution is 0.123. The molecular formula is C5H15NO5S. The van der Waals surface area contributed by atoms with Gasteiger partial charge in [-0.1, -0.05) is 0 Å². The van der Waals surface area contributed by atoms with Crippen molar-refractivity contribution in [3.05, 3.63) is 0 Å². The molecule has 76 valence electrons. The zero-order chi connectivity index (χ0) is 10.4. The van der Waals surface area contributed by atoms with Crippen LogP contribution >= 0.6 is 0 Å². The Morgan fingerprint density at radius 1 is 1.50 bits per heavy atom. The van der Waals surface area contributed by atoms with E-state index >= 15 is 0 Å². The zero-order valence-electron chi connectivity index (χ0n) is 7.01. The summed E-state index contributed by atoms with van der Waals surface area (Å²) in [6.45, 7) is 1.39. The van der Waals surface area contributed by atoms with Gasteiger partial charge in [-0.3, -0.25) is 4.55 Å². The summed E-state index contributed by atoms with van der Waals surface area (Å²) in [7, 11) is -3.67. The van der Waals surface area contributed by atoms with E-state index in [4.69, 9.17) is 20.5 Å². The summed E-state index contributed by atoms with van der Waals surface area (Å²) < 4.78 is 25.9. The van der Waals surface area contributed by atoms with E-state index in [1.165, 1.54) is 0 Å². The fourth-order valence-corrected chi connectivity index (χ4v) is 0.153. The fraction of sp³-hybridized carbons (Fsp3) is 1.00. The molecule has 0 fully saturated rings. The van der Waals surface area contributed by atoms with Gasteiger partial charge in [0.05, 0.1) is 25.0 Å². The van der Waals surface area contributed by atoms with E-state index < -0.39 is 22.3 Å². The average molecular weight is 201 g/mol. The minimum absolute atomic E-state index is 0.155. The molecule has 7 heteroatoms. The van der Waals surface area contributed by atoms with Gasteiger partial charge in [0.25, 0.3) is 10.1 Å². The Bertz CT molecular complexity index is 180. The third-order valence-electron chi connectivity index (χ3n) is 0.830. The molecule has 0 aliphatic carbocycles. The average Bonchev–Trinajstić information content (AvgIpc) is 1.82. The van der Waals surface area contributed by atoms with Gasteiger partial charge in [-0.15, -0.1) is 0 Å². The van der Waals surface area contributed by atoms with Crippen molar-refractivity contribution >= 4 is 10.1 Å². The molecule has 0 aromatic carbocycles. The van der Waals surface area contributed by atoms with Crippen LogP contribution in [0.25, 0.3) is 0 Å². The number of aliphatic hydroxyl groups is 2. The number of nitrogens with two attached hydrogens (primary N) is 1. The molecule has 0 rings (SSSR count). The molecule has 0 saturated carbocycles. The minimum Gasteiger partial charge on any atom is -0.395 e. The summed E-state index contributed by atoms with van der Waals surface area (Å²) in [6.07, 6.45) is 0.109. The number of hydrogen-bond donors (Lipinski definition) is 4. The predicted molar refractivity (Wildman–Crippen MR) is 44.2 cm³/mol. The van der Waals surface area contributed by atoms with E-state index in [1.54, 1.807) is 6.92 Å². The van der Waals surface area contributed by atoms with E-state index in [-0.39, 0.29) is 6.61 Å². The molecule has 0 bridgehead atoms. The van der Waals surface area contributed by atoms with E-state index in [0.29, 0.717) is 6.26 Å². The molecule has 0 spiro atoms. The van der Waals surface area contributed by atoms with Crippen molar-refractivity contribution in [3.8, 4) is 0 Å². The normalized spacial score (nSPS) is 15.8. The van der Waals surface area contributed by atoms with Gasteiger partial charge < -0.3 is 15.9 Å². The standard InChI is InChI=1S/C4H11NO2.CH4O3S/c1-3(7)4(5)2-6;1-5(2,3)4/h3-4,6-7H,2,5H2,1H3;1H3,(H,2,3,4). The Labute approximate surface area is 71.8 Å². The van der Waals surface area contributed by atoms with Gasteiger partial charge in [-0.2, -0.15) is 8.42 Å². The molecule has 0 aromatic rings. The smallest absolute Gasteiger partial charge is 0.261 e. The maximum Gasteiger partial charge on any atom is 0.261 e. The SMILES string of the molecule is CC(O)C(N)CO.CS(=O)(=O)O. The molecule has 0 radical (unpaired) electrons. The van der Waals surface area contributed by atoms with Crippen LogP contribution in [0, 0.1) is 0 Å². The lowest BCUT2D eigenvalue weighted by Gasteiger charge is -2.08. The minimum atomic E-state index is -3.67. The van der Waals surface area contributed by atoms with Crippen LogP contribution in [0.1, 0.15) is 6.92 Å². The number of aliphatic hydroxyl groups excluding tert-OH is 2. The molecule has 0 heterocycles. The first-order valence-corrected chi connectivity index (χ1v) is 5.00. The van der Waals surface area contributed by atoms with Gasteiger partial charge in [0, 0.05) is 0 Å². The second-order valence-electron chi connectivity index (χ2n) is 2.32. The number of hydrogen-bond acceptors (Lipinski definition) is 5. The lowest BCUT2D eigenvalue weighted by Crippen LogP contribution is -2.35. The van der Waals surface area contributed by atoms with Crippen molar-refractivity contribution in [2.45, 2.75) is 19.1 Å². The summed E-state index contributed by atoms with van der Waals surface area (Å²) >= 11 is 0. The van der Waals surface area contributed by atoms with E-state index in [2.05, 4.69) is 0 Å². The van der Waals surface area contributed by atoms with Crippen LogP contribution in [0.4, 0.5) is 0 Å². The van der Waals surface area contributed by atoms with Crippen LogP contribution in [0.5, 0.6) is 0 Å². The van der Waals surface area contributed by atoms with Crippen LogP contribution in [0.3, 0.4) is 0 Å². The van der Waals surface area contributed by atoms with Crippen molar-refractivity contribution in [2.75, 3.05) is 12.9 Å². The first-order chi connectivity index (χ1) is 5.18. The van der Waals surface area contributed by atoms with Crippen molar-refractivity contribution in [1.82, 2.24) is 0 Å². The van der Waals surface area contributed by atoms with Crippen LogP contribution < -0.4 is 5.73 Å². The third kappa shape index (κ3) is 22.6. The molecule has 0 aliphatic heterocycles. The van der Waals surface area contributed by atoms with Crippen molar-refractivity contribution in [3.63, 3.8) is 0 Å². The first-order valence-electron chi connectivity index (χ1n) is 3.15. The van der Waals surface area contributed by atoms with Crippen LogP contribution in [0.2, 0.25) is 0 Å². The van der Waals surface area contributed by atoms with Crippen LogP contribution in [-0.4, -0.2) is 48.2 Å². The Morgan fingerprint density at radius 3 is 1.75 bits per heavy atom. The monoisotopic (exact) mass is 201 g/mol. The highest BCUT2D eigenvalue weighted by molar-refractivity contribution is 7.85. The summed E-state index contributed by atoms with van der Waals surface area (Å²) in [5.41, 5.74) is 5.12. The molecule has 5 N–H and O–H groups in total. The van der Waals surface area contributed by atoms with Crippen molar-refractivity contribution in [1.29, 1.82) is 0 Å². The zero-order valence-corrected chi connectivity index (χ0v) is 7.82. The highest BCUT2D eigenvalue weighted by atomic mass is 32.2. The largest absolute Gasteiger partial charge is 0.395 e. The maximum atomic E-state index is 9.19. The van der Waals surface area contributed by atoms with Crippen LogP contribution in [-0.2, 0) is 10.1 Å². The molecule has 0 aliphatic rings. The van der Waals surface area contributed by atoms with Gasteiger partial charge in [0.15, 0.2) is 0 Å². The quantitative estimate of drug-likeness (QED) is 0.391. The van der Waals surface area contributed by atoms with Crippen LogP contribution in [0.15, 0.2) is 0 Å². The molecule has 0 amide bonds. The molecule has 2 unspecified atom stereocenters. The molecular weight excluding hydrogens is 186 g/mol. The highest BCUT2D eigenvalue weighted by Gasteiger charge is 2.04. The second kappa shape index (κ2) is 6.32. The summed E-state index contributed by atoms with van der Waals surface area (Å²) in [5, 5.41) is 16.8. The van der Waals surface area contributed by atoms with E-state index in [1.807, 2.05) is 0 Å². The Hall–Kier alpha value is -0.210. The van der Waals surface area contributed by atoms with E-state index in [0.717, 1.165) is 0 Å².